The van der Waals surface area contributed by atoms with Gasteiger partial charge in [0.25, 0.3) is 0 Å². The molecule has 0 bridgehead atoms. The van der Waals surface area contributed by atoms with Crippen LogP contribution < -0.4 is 25.2 Å². The molecule has 2 aromatic carbocycles. The molecule has 0 saturated carbocycles. The van der Waals surface area contributed by atoms with E-state index in [0.717, 1.165) is 36.4 Å². The summed E-state index contributed by atoms with van der Waals surface area (Å²) in [5, 5.41) is 43.6. The van der Waals surface area contributed by atoms with Crippen LogP contribution in [0.3, 0.4) is 0 Å². The van der Waals surface area contributed by atoms with E-state index in [1.807, 2.05) is 0 Å². The van der Waals surface area contributed by atoms with E-state index in [9.17, 15) is 39.6 Å². The highest BCUT2D eigenvalue weighted by Gasteiger charge is 2.10. The fourth-order valence-electron chi connectivity index (χ4n) is 2.00. The molecule has 0 saturated heterocycles. The number of benzene rings is 2. The van der Waals surface area contributed by atoms with Crippen LogP contribution >= 0.6 is 0 Å². The lowest BCUT2D eigenvalue weighted by molar-refractivity contribution is -0.259. The average molecular weight is 342 g/mol. The van der Waals surface area contributed by atoms with E-state index < -0.39 is 46.1 Å². The van der Waals surface area contributed by atoms with Crippen molar-refractivity contribution in [2.24, 2.45) is 0 Å². The maximum absolute atomic E-state index is 11.0. The summed E-state index contributed by atoms with van der Waals surface area (Å²) in [6, 6.07) is 5.69. The molecule has 128 valence electrons. The SMILES string of the molecule is O=C([O-])c1ccc(Oc2ccc(C(=O)[O-])c(C(=O)[O-])c2)cc1C(=O)[O-]. The van der Waals surface area contributed by atoms with E-state index in [0.29, 0.717) is 0 Å². The van der Waals surface area contributed by atoms with Crippen molar-refractivity contribution in [3.05, 3.63) is 58.7 Å². The first kappa shape index (κ1) is 17.5. The molecule has 2 rings (SSSR count). The van der Waals surface area contributed by atoms with Gasteiger partial charge in [-0.3, -0.25) is 0 Å². The molecule has 0 amide bonds. The molecule has 0 fully saturated rings. The number of hydrogen-bond acceptors (Lipinski definition) is 9. The standard InChI is InChI=1S/C16H10O9/c17-13(18)9-3-1-7(5-11(9)15(21)22)25-8-2-4-10(14(19)20)12(6-8)16(23)24/h1-6H,(H,17,18)(H,19,20)(H,21,22)(H,23,24)/p-4. The number of carbonyl (C=O) groups is 4. The summed E-state index contributed by atoms with van der Waals surface area (Å²) < 4.78 is 5.22. The van der Waals surface area contributed by atoms with Crippen molar-refractivity contribution in [2.75, 3.05) is 0 Å². The van der Waals surface area contributed by atoms with Crippen molar-refractivity contribution in [3.8, 4) is 11.5 Å². The molecule has 0 aliphatic heterocycles. The van der Waals surface area contributed by atoms with Gasteiger partial charge in [0.1, 0.15) is 11.5 Å². The maximum atomic E-state index is 11.0. The number of ether oxygens (including phenoxy) is 1. The molecule has 9 heteroatoms. The summed E-state index contributed by atoms with van der Waals surface area (Å²) in [7, 11) is 0. The normalized spacial score (nSPS) is 10.1. The minimum Gasteiger partial charge on any atom is -0.545 e. The Bertz CT molecular complexity index is 825. The van der Waals surface area contributed by atoms with Crippen LogP contribution in [0.1, 0.15) is 41.4 Å². The van der Waals surface area contributed by atoms with Gasteiger partial charge in [0, 0.05) is 22.3 Å². The third-order valence-corrected chi connectivity index (χ3v) is 3.10. The molecule has 9 nitrogen and oxygen atoms in total. The van der Waals surface area contributed by atoms with Gasteiger partial charge in [-0.05, 0) is 36.4 Å². The Morgan fingerprint density at radius 2 is 0.880 bits per heavy atom. The van der Waals surface area contributed by atoms with Gasteiger partial charge in [-0.25, -0.2) is 0 Å². The Labute approximate surface area is 139 Å². The minimum atomic E-state index is -1.78. The third-order valence-electron chi connectivity index (χ3n) is 3.10. The van der Waals surface area contributed by atoms with Crippen LogP contribution in [-0.4, -0.2) is 23.9 Å². The number of hydrogen-bond donors (Lipinski definition) is 0. The minimum absolute atomic E-state index is 0.158. The summed E-state index contributed by atoms with van der Waals surface area (Å²) in [5.41, 5.74) is -2.67. The fraction of sp³-hybridized carbons (Fsp3) is 0. The largest absolute Gasteiger partial charge is 0.545 e. The molecule has 0 aliphatic carbocycles. The molecule has 0 heterocycles. The van der Waals surface area contributed by atoms with Crippen molar-refractivity contribution in [1.29, 1.82) is 0 Å². The van der Waals surface area contributed by atoms with E-state index in [1.165, 1.54) is 0 Å². The summed E-state index contributed by atoms with van der Waals surface area (Å²) in [4.78, 5) is 43.6. The van der Waals surface area contributed by atoms with Gasteiger partial charge in [0.2, 0.25) is 0 Å². The van der Waals surface area contributed by atoms with E-state index in [2.05, 4.69) is 0 Å². The number of rotatable bonds is 6. The molecule has 0 radical (unpaired) electrons. The Kier molecular flexibility index (Phi) is 4.69. The number of carboxylic acid groups (broad SMARTS) is 4. The van der Waals surface area contributed by atoms with Gasteiger partial charge in [-0.1, -0.05) is 0 Å². The van der Waals surface area contributed by atoms with Gasteiger partial charge in [0.15, 0.2) is 0 Å². The predicted molar refractivity (Wildman–Crippen MR) is 70.3 cm³/mol. The zero-order chi connectivity index (χ0) is 18.7. The first-order valence-electron chi connectivity index (χ1n) is 6.52. The second kappa shape index (κ2) is 6.71. The molecule has 25 heavy (non-hydrogen) atoms. The molecule has 0 aromatic heterocycles. The Morgan fingerprint density at radius 1 is 0.560 bits per heavy atom. The van der Waals surface area contributed by atoms with Gasteiger partial charge >= 0.3 is 0 Å². The van der Waals surface area contributed by atoms with E-state index in [-0.39, 0.29) is 11.5 Å². The van der Waals surface area contributed by atoms with Crippen molar-refractivity contribution in [3.63, 3.8) is 0 Å². The van der Waals surface area contributed by atoms with Crippen LogP contribution in [0.5, 0.6) is 11.5 Å². The van der Waals surface area contributed by atoms with Crippen molar-refractivity contribution in [2.45, 2.75) is 0 Å². The molecule has 0 atom stereocenters. The molecule has 0 unspecified atom stereocenters. The molecule has 0 spiro atoms. The number of aromatic carboxylic acids is 4. The zero-order valence-electron chi connectivity index (χ0n) is 12.1. The Morgan fingerprint density at radius 3 is 1.16 bits per heavy atom. The van der Waals surface area contributed by atoms with Gasteiger partial charge in [-0.2, -0.15) is 0 Å². The zero-order valence-corrected chi connectivity index (χ0v) is 12.1. The maximum Gasteiger partial charge on any atom is 0.128 e. The predicted octanol–water partition coefficient (Wildman–Crippen LogP) is -3.07. The summed E-state index contributed by atoms with van der Waals surface area (Å²) in [6.07, 6.45) is 0. The molecule has 0 aliphatic rings. The van der Waals surface area contributed by atoms with Crippen molar-refractivity contribution in [1.82, 2.24) is 0 Å². The Hall–Kier alpha value is -3.88. The third kappa shape index (κ3) is 3.72. The smallest absolute Gasteiger partial charge is 0.128 e. The van der Waals surface area contributed by atoms with Crippen LogP contribution in [0.25, 0.3) is 0 Å². The number of carbonyl (C=O) groups excluding carboxylic acids is 4. The first-order chi connectivity index (χ1) is 11.7. The monoisotopic (exact) mass is 342 g/mol. The first-order valence-corrected chi connectivity index (χ1v) is 6.52. The molecule has 0 N–H and O–H groups in total. The van der Waals surface area contributed by atoms with Crippen molar-refractivity contribution >= 4 is 23.9 Å². The average Bonchev–Trinajstić information content (AvgIpc) is 2.54. The van der Waals surface area contributed by atoms with Crippen molar-refractivity contribution < 1.29 is 44.3 Å². The van der Waals surface area contributed by atoms with Crippen LogP contribution in [0.4, 0.5) is 0 Å². The summed E-state index contributed by atoms with van der Waals surface area (Å²) in [5.74, 6) is -7.35. The highest BCUT2D eigenvalue weighted by Crippen LogP contribution is 2.26. The molecular formula is C16H6O9-4. The van der Waals surface area contributed by atoms with Crippen LogP contribution in [0.2, 0.25) is 0 Å². The second-order valence-electron chi connectivity index (χ2n) is 4.67. The molecule has 2 aromatic rings. The van der Waals surface area contributed by atoms with E-state index in [4.69, 9.17) is 4.74 Å². The van der Waals surface area contributed by atoms with Gasteiger partial charge in [0.05, 0.1) is 23.9 Å². The molecular weight excluding hydrogens is 336 g/mol. The van der Waals surface area contributed by atoms with Crippen LogP contribution in [-0.2, 0) is 0 Å². The lowest BCUT2D eigenvalue weighted by atomic mass is 10.1. The topological polar surface area (TPSA) is 170 Å². The van der Waals surface area contributed by atoms with E-state index in [1.54, 1.807) is 0 Å². The van der Waals surface area contributed by atoms with Crippen LogP contribution in [0.15, 0.2) is 36.4 Å². The van der Waals surface area contributed by atoms with Gasteiger partial charge < -0.3 is 44.3 Å². The fourth-order valence-corrected chi connectivity index (χ4v) is 2.00. The highest BCUT2D eigenvalue weighted by molar-refractivity contribution is 6.01. The van der Waals surface area contributed by atoms with Crippen LogP contribution in [0, 0.1) is 0 Å². The highest BCUT2D eigenvalue weighted by atomic mass is 16.5. The van der Waals surface area contributed by atoms with Gasteiger partial charge in [-0.15, -0.1) is 0 Å². The lowest BCUT2D eigenvalue weighted by Gasteiger charge is -2.16. The Balaban J connectivity index is 2.43. The second-order valence-corrected chi connectivity index (χ2v) is 4.67. The van der Waals surface area contributed by atoms with E-state index >= 15 is 0 Å². The summed E-state index contributed by atoms with van der Waals surface area (Å²) >= 11 is 0. The quantitative estimate of drug-likeness (QED) is 0.528. The summed E-state index contributed by atoms with van der Waals surface area (Å²) in [6.45, 7) is 0. The number of carboxylic acids is 4. The lowest BCUT2D eigenvalue weighted by Crippen LogP contribution is -2.30.